The lowest BCUT2D eigenvalue weighted by Gasteiger charge is -2.23. The van der Waals surface area contributed by atoms with Crippen LogP contribution in [0.3, 0.4) is 0 Å². The predicted octanol–water partition coefficient (Wildman–Crippen LogP) is 3.60. The first kappa shape index (κ1) is 15.9. The second-order valence-electron chi connectivity index (χ2n) is 6.86. The van der Waals surface area contributed by atoms with E-state index < -0.39 is 0 Å². The van der Waals surface area contributed by atoms with E-state index in [1.54, 1.807) is 18.4 Å². The van der Waals surface area contributed by atoms with Gasteiger partial charge >= 0.3 is 0 Å². The molecule has 1 spiro atoms. The van der Waals surface area contributed by atoms with Crippen LogP contribution in [0.1, 0.15) is 18.4 Å². The van der Waals surface area contributed by atoms with E-state index in [0.29, 0.717) is 6.04 Å². The van der Waals surface area contributed by atoms with Gasteiger partial charge in [0.2, 0.25) is 0 Å². The van der Waals surface area contributed by atoms with Gasteiger partial charge in [0.25, 0.3) is 0 Å². The van der Waals surface area contributed by atoms with Gasteiger partial charge in [0.05, 0.1) is 25.4 Å². The molecule has 1 aromatic heterocycles. The number of ether oxygens (including phenoxy) is 2. The van der Waals surface area contributed by atoms with E-state index >= 15 is 0 Å². The zero-order valence-electron chi connectivity index (χ0n) is 14.0. The van der Waals surface area contributed by atoms with Crippen LogP contribution in [-0.2, 0) is 11.3 Å². The third kappa shape index (κ3) is 3.43. The number of hydrogen-bond donors (Lipinski definition) is 1. The van der Waals surface area contributed by atoms with Crippen molar-refractivity contribution in [3.8, 4) is 5.75 Å². The van der Waals surface area contributed by atoms with Gasteiger partial charge in [-0.25, -0.2) is 0 Å². The van der Waals surface area contributed by atoms with Crippen LogP contribution in [0.15, 0.2) is 41.1 Å². The number of thiophene rings is 1. The second kappa shape index (κ2) is 6.75. The molecular weight excluding hydrogens is 320 g/mol. The average Bonchev–Trinajstić information content (AvgIpc) is 3.33. The highest BCUT2D eigenvalue weighted by Crippen LogP contribution is 2.36. The number of methoxy groups -OCH3 is 1. The maximum absolute atomic E-state index is 6.25. The van der Waals surface area contributed by atoms with Crippen molar-refractivity contribution in [2.45, 2.75) is 31.0 Å². The first-order valence-corrected chi connectivity index (χ1v) is 9.47. The van der Waals surface area contributed by atoms with E-state index in [2.05, 4.69) is 39.2 Å². The summed E-state index contributed by atoms with van der Waals surface area (Å²) in [5.41, 5.74) is 2.60. The molecule has 0 aliphatic carbocycles. The molecule has 5 heteroatoms. The molecule has 4 nitrogen and oxygen atoms in total. The lowest BCUT2D eigenvalue weighted by Crippen LogP contribution is -2.33. The van der Waals surface area contributed by atoms with Crippen molar-refractivity contribution in [3.05, 3.63) is 46.7 Å². The van der Waals surface area contributed by atoms with Crippen molar-refractivity contribution in [1.82, 2.24) is 4.90 Å². The Morgan fingerprint density at radius 3 is 2.96 bits per heavy atom. The first-order chi connectivity index (χ1) is 11.7. The van der Waals surface area contributed by atoms with Gasteiger partial charge in [0.1, 0.15) is 5.75 Å². The van der Waals surface area contributed by atoms with E-state index in [-0.39, 0.29) is 5.60 Å². The zero-order chi connectivity index (χ0) is 16.4. The summed E-state index contributed by atoms with van der Waals surface area (Å²) in [6.07, 6.45) is 2.22. The molecule has 0 bridgehead atoms. The molecule has 2 fully saturated rings. The van der Waals surface area contributed by atoms with Crippen LogP contribution >= 0.6 is 11.3 Å². The maximum atomic E-state index is 6.25. The molecule has 24 heavy (non-hydrogen) atoms. The third-order valence-corrected chi connectivity index (χ3v) is 5.78. The monoisotopic (exact) mass is 344 g/mol. The number of anilines is 1. The number of nitrogens with one attached hydrogen (secondary N) is 1. The fraction of sp³-hybridized carbons (Fsp3) is 0.474. The van der Waals surface area contributed by atoms with Gasteiger partial charge in [0.15, 0.2) is 0 Å². The Balaban J connectivity index is 1.32. The van der Waals surface area contributed by atoms with Gasteiger partial charge in [-0.15, -0.1) is 0 Å². The number of hydrogen-bond acceptors (Lipinski definition) is 5. The molecular formula is C19H24N2O2S. The Morgan fingerprint density at radius 1 is 1.33 bits per heavy atom. The van der Waals surface area contributed by atoms with Crippen LogP contribution < -0.4 is 10.1 Å². The van der Waals surface area contributed by atoms with Gasteiger partial charge in [0, 0.05) is 31.7 Å². The molecule has 2 aromatic rings. The molecule has 0 saturated carbocycles. The molecule has 2 saturated heterocycles. The summed E-state index contributed by atoms with van der Waals surface area (Å²) in [5, 5.41) is 8.01. The van der Waals surface area contributed by atoms with Crippen molar-refractivity contribution in [2.75, 3.05) is 32.1 Å². The summed E-state index contributed by atoms with van der Waals surface area (Å²) in [6.45, 7) is 4.01. The molecule has 2 atom stereocenters. The Bertz CT molecular complexity index is 659. The highest BCUT2D eigenvalue weighted by molar-refractivity contribution is 7.07. The number of likely N-dealkylation sites (tertiary alicyclic amines) is 1. The molecule has 3 heterocycles. The topological polar surface area (TPSA) is 33.7 Å². The summed E-state index contributed by atoms with van der Waals surface area (Å²) in [6, 6.07) is 10.7. The van der Waals surface area contributed by atoms with E-state index in [9.17, 15) is 0 Å². The van der Waals surface area contributed by atoms with Crippen LogP contribution in [0.4, 0.5) is 5.69 Å². The molecule has 0 radical (unpaired) electrons. The van der Waals surface area contributed by atoms with Gasteiger partial charge in [-0.05, 0) is 53.1 Å². The lowest BCUT2D eigenvalue weighted by molar-refractivity contribution is 0.0120. The highest BCUT2D eigenvalue weighted by atomic mass is 32.1. The smallest absolute Gasteiger partial charge is 0.119 e. The normalized spacial score (nSPS) is 27.0. The molecule has 0 amide bonds. The molecule has 2 aliphatic heterocycles. The summed E-state index contributed by atoms with van der Waals surface area (Å²) < 4.78 is 11.5. The maximum Gasteiger partial charge on any atom is 0.119 e. The van der Waals surface area contributed by atoms with Crippen LogP contribution in [0.25, 0.3) is 0 Å². The molecule has 2 unspecified atom stereocenters. The number of rotatable bonds is 5. The molecule has 128 valence electrons. The Morgan fingerprint density at radius 2 is 2.21 bits per heavy atom. The summed E-state index contributed by atoms with van der Waals surface area (Å²) in [5.74, 6) is 0.888. The Hall–Kier alpha value is -1.56. The minimum Gasteiger partial charge on any atom is -0.497 e. The lowest BCUT2D eigenvalue weighted by atomic mass is 9.97. The molecule has 4 rings (SSSR count). The van der Waals surface area contributed by atoms with E-state index in [1.165, 1.54) is 5.56 Å². The van der Waals surface area contributed by atoms with E-state index in [1.807, 2.05) is 12.1 Å². The SMILES string of the molecule is COc1ccc(NC2COC3(CCN(Cc4ccsc4)C3)C2)cc1. The molecule has 1 aromatic carbocycles. The summed E-state index contributed by atoms with van der Waals surface area (Å²) >= 11 is 1.77. The van der Waals surface area contributed by atoms with Crippen LogP contribution in [0.2, 0.25) is 0 Å². The first-order valence-electron chi connectivity index (χ1n) is 8.53. The zero-order valence-corrected chi connectivity index (χ0v) is 14.8. The quantitative estimate of drug-likeness (QED) is 0.898. The van der Waals surface area contributed by atoms with Crippen molar-refractivity contribution in [2.24, 2.45) is 0 Å². The van der Waals surface area contributed by atoms with Crippen molar-refractivity contribution in [3.63, 3.8) is 0 Å². The fourth-order valence-electron chi connectivity index (χ4n) is 3.85. The molecule has 1 N–H and O–H groups in total. The Kier molecular flexibility index (Phi) is 4.48. The van der Waals surface area contributed by atoms with Crippen LogP contribution in [0, 0.1) is 0 Å². The minimum atomic E-state index is 0.0418. The average molecular weight is 344 g/mol. The summed E-state index contributed by atoms with van der Waals surface area (Å²) in [7, 11) is 1.69. The van der Waals surface area contributed by atoms with Crippen molar-refractivity contribution < 1.29 is 9.47 Å². The van der Waals surface area contributed by atoms with Crippen LogP contribution in [-0.4, -0.2) is 43.3 Å². The predicted molar refractivity (Wildman–Crippen MR) is 97.9 cm³/mol. The number of benzene rings is 1. The highest BCUT2D eigenvalue weighted by Gasteiger charge is 2.45. The standard InChI is InChI=1S/C19H24N2O2S/c1-22-18-4-2-16(3-5-18)20-17-10-19(23-12-17)7-8-21(14-19)11-15-6-9-24-13-15/h2-6,9,13,17,20H,7-8,10-12,14H2,1H3. The molecule has 2 aliphatic rings. The fourth-order valence-corrected chi connectivity index (χ4v) is 4.51. The van der Waals surface area contributed by atoms with Crippen molar-refractivity contribution >= 4 is 17.0 Å². The van der Waals surface area contributed by atoms with Gasteiger partial charge in [-0.3, -0.25) is 4.90 Å². The van der Waals surface area contributed by atoms with Gasteiger partial charge in [-0.2, -0.15) is 11.3 Å². The Labute approximate surface area is 147 Å². The third-order valence-electron chi connectivity index (χ3n) is 5.05. The van der Waals surface area contributed by atoms with Gasteiger partial charge in [-0.1, -0.05) is 0 Å². The summed E-state index contributed by atoms with van der Waals surface area (Å²) in [4.78, 5) is 2.53. The largest absolute Gasteiger partial charge is 0.497 e. The second-order valence-corrected chi connectivity index (χ2v) is 7.64. The van der Waals surface area contributed by atoms with Crippen molar-refractivity contribution in [1.29, 1.82) is 0 Å². The van der Waals surface area contributed by atoms with Gasteiger partial charge < -0.3 is 14.8 Å². The van der Waals surface area contributed by atoms with Crippen LogP contribution in [0.5, 0.6) is 5.75 Å². The minimum absolute atomic E-state index is 0.0418. The van der Waals surface area contributed by atoms with E-state index in [4.69, 9.17) is 9.47 Å². The number of nitrogens with zero attached hydrogens (tertiary/aromatic N) is 1. The van der Waals surface area contributed by atoms with E-state index in [0.717, 1.165) is 50.5 Å².